The van der Waals surface area contributed by atoms with E-state index in [1.807, 2.05) is 46.7 Å². The molecule has 0 aliphatic carbocycles. The van der Waals surface area contributed by atoms with Crippen LogP contribution in [0.3, 0.4) is 0 Å². The summed E-state index contributed by atoms with van der Waals surface area (Å²) in [7, 11) is 0. The third kappa shape index (κ3) is 3.83. The van der Waals surface area contributed by atoms with Gasteiger partial charge in [0.25, 0.3) is 5.91 Å². The van der Waals surface area contributed by atoms with Gasteiger partial charge in [-0.1, -0.05) is 23.4 Å². The standard InChI is InChI=1S/C20H20N4O4S/c25-20(16-13-26-14-4-1-2-5-15(14)27-16)24-9-7-23(8-10-24)12-18-21-19(22-28-18)17-6-3-11-29-17/h1-6,11,16H,7-10,12-13H2/t16-/m0/s1. The van der Waals surface area contributed by atoms with Crippen molar-refractivity contribution in [3.63, 3.8) is 0 Å². The summed E-state index contributed by atoms with van der Waals surface area (Å²) in [5.41, 5.74) is 0. The lowest BCUT2D eigenvalue weighted by molar-refractivity contribution is -0.143. The molecule has 0 bridgehead atoms. The Labute approximate surface area is 171 Å². The van der Waals surface area contributed by atoms with Gasteiger partial charge in [0.05, 0.1) is 11.4 Å². The second kappa shape index (κ2) is 7.84. The van der Waals surface area contributed by atoms with Crippen molar-refractivity contribution >= 4 is 17.2 Å². The summed E-state index contributed by atoms with van der Waals surface area (Å²) in [6.45, 7) is 3.57. The normalized spacial score (nSPS) is 19.3. The molecule has 3 aromatic rings. The van der Waals surface area contributed by atoms with Gasteiger partial charge in [-0.05, 0) is 23.6 Å². The lowest BCUT2D eigenvalue weighted by Crippen LogP contribution is -2.53. The first kappa shape index (κ1) is 18.1. The number of rotatable bonds is 4. The number of benzene rings is 1. The lowest BCUT2D eigenvalue weighted by atomic mass is 10.2. The number of amides is 1. The molecule has 2 aromatic heterocycles. The van der Waals surface area contributed by atoms with Gasteiger partial charge >= 0.3 is 0 Å². The predicted octanol–water partition coefficient (Wildman–Crippen LogP) is 2.28. The van der Waals surface area contributed by atoms with Crippen LogP contribution in [0.1, 0.15) is 5.89 Å². The molecule has 4 heterocycles. The largest absolute Gasteiger partial charge is 0.485 e. The molecule has 8 nitrogen and oxygen atoms in total. The van der Waals surface area contributed by atoms with Crippen LogP contribution in [0.15, 0.2) is 46.3 Å². The lowest BCUT2D eigenvalue weighted by Gasteiger charge is -2.36. The highest BCUT2D eigenvalue weighted by Crippen LogP contribution is 2.31. The molecule has 1 saturated heterocycles. The molecule has 1 fully saturated rings. The highest BCUT2D eigenvalue weighted by atomic mass is 32.1. The quantitative estimate of drug-likeness (QED) is 0.650. The number of piperazine rings is 1. The van der Waals surface area contributed by atoms with Crippen molar-refractivity contribution in [1.29, 1.82) is 0 Å². The Balaban J connectivity index is 1.14. The number of ether oxygens (including phenoxy) is 2. The van der Waals surface area contributed by atoms with E-state index in [0.717, 1.165) is 18.0 Å². The van der Waals surface area contributed by atoms with Gasteiger partial charge < -0.3 is 18.9 Å². The SMILES string of the molecule is O=C([C@@H]1COc2ccccc2O1)N1CCN(Cc2nc(-c3cccs3)no2)CC1. The van der Waals surface area contributed by atoms with Crippen molar-refractivity contribution in [2.75, 3.05) is 32.8 Å². The maximum atomic E-state index is 12.8. The van der Waals surface area contributed by atoms with Gasteiger partial charge in [0.15, 0.2) is 11.5 Å². The van der Waals surface area contributed by atoms with E-state index in [1.165, 1.54) is 0 Å². The first-order chi connectivity index (χ1) is 14.3. The van der Waals surface area contributed by atoms with Gasteiger partial charge in [0.2, 0.25) is 17.8 Å². The first-order valence-corrected chi connectivity index (χ1v) is 10.4. The predicted molar refractivity (Wildman–Crippen MR) is 106 cm³/mol. The number of para-hydroxylation sites is 2. The fourth-order valence-electron chi connectivity index (χ4n) is 3.49. The molecule has 5 rings (SSSR count). The molecule has 0 spiro atoms. The minimum absolute atomic E-state index is 0.0306. The van der Waals surface area contributed by atoms with E-state index in [0.29, 0.717) is 42.8 Å². The topological polar surface area (TPSA) is 80.9 Å². The molecule has 9 heteroatoms. The number of carbonyl (C=O) groups is 1. The van der Waals surface area contributed by atoms with Crippen molar-refractivity contribution in [3.8, 4) is 22.2 Å². The van der Waals surface area contributed by atoms with Crippen molar-refractivity contribution in [2.45, 2.75) is 12.6 Å². The molecule has 0 N–H and O–H groups in total. The van der Waals surface area contributed by atoms with Gasteiger partial charge in [0, 0.05) is 26.2 Å². The van der Waals surface area contributed by atoms with Gasteiger partial charge in [-0.15, -0.1) is 11.3 Å². The summed E-state index contributed by atoms with van der Waals surface area (Å²) < 4.78 is 16.9. The molecule has 0 saturated carbocycles. The minimum atomic E-state index is -0.597. The Morgan fingerprint density at radius 3 is 2.72 bits per heavy atom. The molecule has 29 heavy (non-hydrogen) atoms. The van der Waals surface area contributed by atoms with Crippen molar-refractivity contribution < 1.29 is 18.8 Å². The Bertz CT molecular complexity index is 982. The summed E-state index contributed by atoms with van der Waals surface area (Å²) in [4.78, 5) is 22.3. The molecule has 2 aliphatic rings. The molecule has 0 radical (unpaired) electrons. The van der Waals surface area contributed by atoms with Crippen molar-refractivity contribution in [1.82, 2.24) is 19.9 Å². The van der Waals surface area contributed by atoms with Gasteiger partial charge in [-0.2, -0.15) is 4.98 Å². The second-order valence-corrected chi connectivity index (χ2v) is 7.90. The molecular weight excluding hydrogens is 392 g/mol. The number of nitrogens with zero attached hydrogens (tertiary/aromatic N) is 4. The molecule has 1 aromatic carbocycles. The number of aromatic nitrogens is 2. The Morgan fingerprint density at radius 1 is 1.10 bits per heavy atom. The molecule has 1 amide bonds. The fraction of sp³-hybridized carbons (Fsp3) is 0.350. The number of hydrogen-bond donors (Lipinski definition) is 0. The summed E-state index contributed by atoms with van der Waals surface area (Å²) in [6, 6.07) is 11.4. The Hall–Kier alpha value is -2.91. The molecule has 2 aliphatic heterocycles. The molecule has 0 unspecified atom stereocenters. The van der Waals surface area contributed by atoms with E-state index in [4.69, 9.17) is 14.0 Å². The monoisotopic (exact) mass is 412 g/mol. The highest BCUT2D eigenvalue weighted by molar-refractivity contribution is 7.13. The van der Waals surface area contributed by atoms with E-state index in [-0.39, 0.29) is 12.5 Å². The van der Waals surface area contributed by atoms with Gasteiger partial charge in [0.1, 0.15) is 6.61 Å². The van der Waals surface area contributed by atoms with Gasteiger partial charge in [-0.3, -0.25) is 9.69 Å². The third-order valence-corrected chi connectivity index (χ3v) is 5.90. The van der Waals surface area contributed by atoms with E-state index in [1.54, 1.807) is 11.3 Å². The van der Waals surface area contributed by atoms with Crippen LogP contribution < -0.4 is 9.47 Å². The van der Waals surface area contributed by atoms with Crippen LogP contribution >= 0.6 is 11.3 Å². The zero-order chi connectivity index (χ0) is 19.6. The van der Waals surface area contributed by atoms with Crippen molar-refractivity contribution in [2.24, 2.45) is 0 Å². The number of hydrogen-bond acceptors (Lipinski definition) is 8. The van der Waals surface area contributed by atoms with E-state index in [2.05, 4.69) is 15.0 Å². The zero-order valence-corrected chi connectivity index (χ0v) is 16.5. The van der Waals surface area contributed by atoms with Crippen LogP contribution in [0.2, 0.25) is 0 Å². The number of carbonyl (C=O) groups excluding carboxylic acids is 1. The summed E-state index contributed by atoms with van der Waals surface area (Å²) >= 11 is 1.58. The molecular formula is C20H20N4O4S. The van der Waals surface area contributed by atoms with E-state index >= 15 is 0 Å². The fourth-order valence-corrected chi connectivity index (χ4v) is 4.14. The van der Waals surface area contributed by atoms with Crippen LogP contribution in [-0.4, -0.2) is 64.7 Å². The average Bonchev–Trinajstić information content (AvgIpc) is 3.45. The summed E-state index contributed by atoms with van der Waals surface area (Å²) in [5.74, 6) is 2.49. The Kier molecular flexibility index (Phi) is 4.91. The Morgan fingerprint density at radius 2 is 1.93 bits per heavy atom. The van der Waals surface area contributed by atoms with Crippen LogP contribution in [0.4, 0.5) is 0 Å². The van der Waals surface area contributed by atoms with Crippen molar-refractivity contribution in [3.05, 3.63) is 47.7 Å². The van der Waals surface area contributed by atoms with Crippen LogP contribution in [0, 0.1) is 0 Å². The summed E-state index contributed by atoms with van der Waals surface area (Å²) in [5, 5.41) is 6.04. The van der Waals surface area contributed by atoms with Crippen LogP contribution in [-0.2, 0) is 11.3 Å². The van der Waals surface area contributed by atoms with E-state index in [9.17, 15) is 4.79 Å². The zero-order valence-electron chi connectivity index (χ0n) is 15.7. The highest BCUT2D eigenvalue weighted by Gasteiger charge is 2.32. The smallest absolute Gasteiger partial charge is 0.267 e. The number of thiophene rings is 1. The maximum absolute atomic E-state index is 12.8. The van der Waals surface area contributed by atoms with Crippen LogP contribution in [0.5, 0.6) is 11.5 Å². The minimum Gasteiger partial charge on any atom is -0.485 e. The summed E-state index contributed by atoms with van der Waals surface area (Å²) in [6.07, 6.45) is -0.597. The van der Waals surface area contributed by atoms with Crippen LogP contribution in [0.25, 0.3) is 10.7 Å². The molecule has 150 valence electrons. The average molecular weight is 412 g/mol. The first-order valence-electron chi connectivity index (χ1n) is 9.52. The molecule has 1 atom stereocenters. The maximum Gasteiger partial charge on any atom is 0.267 e. The third-order valence-electron chi connectivity index (χ3n) is 5.04. The van der Waals surface area contributed by atoms with Gasteiger partial charge in [-0.25, -0.2) is 0 Å². The number of fused-ring (bicyclic) bond motifs is 1. The van der Waals surface area contributed by atoms with E-state index < -0.39 is 6.10 Å². The second-order valence-electron chi connectivity index (χ2n) is 6.95.